The predicted octanol–water partition coefficient (Wildman–Crippen LogP) is 1.99. The zero-order valence-electron chi connectivity index (χ0n) is 7.90. The zero-order valence-corrected chi connectivity index (χ0v) is 7.90. The van der Waals surface area contributed by atoms with E-state index < -0.39 is 4.92 Å². The van der Waals surface area contributed by atoms with Gasteiger partial charge in [0.15, 0.2) is 5.76 Å². The summed E-state index contributed by atoms with van der Waals surface area (Å²) in [7, 11) is 1.39. The van der Waals surface area contributed by atoms with E-state index in [1.54, 1.807) is 6.92 Å². The highest BCUT2D eigenvalue weighted by molar-refractivity contribution is 5.16. The molecule has 0 aromatic carbocycles. The topological polar surface area (TPSA) is 72.6 Å². The molecule has 0 unspecified atom stereocenters. The van der Waals surface area contributed by atoms with E-state index in [1.165, 1.54) is 14.0 Å². The van der Waals surface area contributed by atoms with Crippen LogP contribution in [-0.4, -0.2) is 17.1 Å². The minimum absolute atomic E-state index is 0.0473. The summed E-state index contributed by atoms with van der Waals surface area (Å²) in [6.07, 6.45) is 1.35. The summed E-state index contributed by atoms with van der Waals surface area (Å²) < 4.78 is 4.70. The fourth-order valence-corrected chi connectivity index (χ4v) is 0.648. The van der Waals surface area contributed by atoms with Gasteiger partial charge in [-0.3, -0.25) is 10.1 Å². The molecule has 0 saturated heterocycles. The molecular formula is C8H13NO4. The lowest BCUT2D eigenvalue weighted by molar-refractivity contribution is -0.427. The van der Waals surface area contributed by atoms with Gasteiger partial charge in [0, 0.05) is 6.42 Å². The lowest BCUT2D eigenvalue weighted by Gasteiger charge is -2.00. The first-order chi connectivity index (χ1) is 6.02. The fraction of sp³-hybridized carbons (Fsp3) is 0.500. The second-order valence-corrected chi connectivity index (χ2v) is 2.39. The maximum absolute atomic E-state index is 10.3. The Bertz CT molecular complexity index is 255. The number of aliphatic hydroxyl groups excluding tert-OH is 1. The molecule has 0 aromatic heterocycles. The van der Waals surface area contributed by atoms with Crippen molar-refractivity contribution in [1.29, 1.82) is 0 Å². The molecule has 0 bridgehead atoms. The van der Waals surface area contributed by atoms with E-state index >= 15 is 0 Å². The monoisotopic (exact) mass is 187 g/mol. The van der Waals surface area contributed by atoms with Crippen molar-refractivity contribution in [1.82, 2.24) is 0 Å². The molecule has 0 aliphatic heterocycles. The molecule has 0 aromatic rings. The van der Waals surface area contributed by atoms with Crippen molar-refractivity contribution in [2.75, 3.05) is 7.11 Å². The third-order valence-electron chi connectivity index (χ3n) is 1.57. The first-order valence-electron chi connectivity index (χ1n) is 3.81. The van der Waals surface area contributed by atoms with Crippen LogP contribution in [0.25, 0.3) is 0 Å². The summed E-state index contributed by atoms with van der Waals surface area (Å²) >= 11 is 0. The van der Waals surface area contributed by atoms with E-state index in [2.05, 4.69) is 0 Å². The largest absolute Gasteiger partial charge is 0.504 e. The van der Waals surface area contributed by atoms with E-state index in [0.29, 0.717) is 0 Å². The van der Waals surface area contributed by atoms with Crippen molar-refractivity contribution in [2.24, 2.45) is 0 Å². The molecule has 74 valence electrons. The van der Waals surface area contributed by atoms with E-state index in [1.807, 2.05) is 0 Å². The van der Waals surface area contributed by atoms with Crippen LogP contribution in [0, 0.1) is 10.1 Å². The Morgan fingerprint density at radius 3 is 2.54 bits per heavy atom. The molecule has 5 nitrogen and oxygen atoms in total. The van der Waals surface area contributed by atoms with Crippen LogP contribution in [0.4, 0.5) is 0 Å². The lowest BCUT2D eigenvalue weighted by Crippen LogP contribution is -1.98. The average molecular weight is 187 g/mol. The zero-order chi connectivity index (χ0) is 10.4. The molecule has 1 N–H and O–H groups in total. The third-order valence-corrected chi connectivity index (χ3v) is 1.57. The van der Waals surface area contributed by atoms with E-state index in [-0.39, 0.29) is 23.6 Å². The molecule has 0 aliphatic rings. The maximum Gasteiger partial charge on any atom is 0.249 e. The van der Waals surface area contributed by atoms with Crippen molar-refractivity contribution < 1.29 is 14.8 Å². The van der Waals surface area contributed by atoms with Gasteiger partial charge >= 0.3 is 0 Å². The summed E-state index contributed by atoms with van der Waals surface area (Å²) in [4.78, 5) is 9.81. The van der Waals surface area contributed by atoms with Gasteiger partial charge in [-0.25, -0.2) is 0 Å². The molecule has 0 fully saturated rings. The van der Waals surface area contributed by atoms with Gasteiger partial charge in [-0.05, 0) is 6.92 Å². The van der Waals surface area contributed by atoms with Gasteiger partial charge in [-0.15, -0.1) is 0 Å². The van der Waals surface area contributed by atoms with E-state index in [0.717, 1.165) is 6.08 Å². The highest BCUT2D eigenvalue weighted by atomic mass is 16.6. The Morgan fingerprint density at radius 1 is 1.69 bits per heavy atom. The van der Waals surface area contributed by atoms with Gasteiger partial charge in [-0.2, -0.15) is 0 Å². The Balaban J connectivity index is 4.80. The SMILES string of the molecule is CC/C(=C\C(O)=C(/C)OC)[N+](=O)[O-]. The molecule has 0 rings (SSSR count). The van der Waals surface area contributed by atoms with E-state index in [9.17, 15) is 15.2 Å². The van der Waals surface area contributed by atoms with Crippen LogP contribution in [0.5, 0.6) is 0 Å². The van der Waals surface area contributed by atoms with Crippen LogP contribution < -0.4 is 0 Å². The minimum atomic E-state index is -0.529. The van der Waals surface area contributed by atoms with Crippen molar-refractivity contribution in [2.45, 2.75) is 20.3 Å². The van der Waals surface area contributed by atoms with Gasteiger partial charge in [0.2, 0.25) is 5.70 Å². The Hall–Kier alpha value is -1.52. The number of allylic oxidation sites excluding steroid dienone is 3. The first kappa shape index (κ1) is 11.5. The van der Waals surface area contributed by atoms with Crippen molar-refractivity contribution in [3.63, 3.8) is 0 Å². The number of hydrogen-bond donors (Lipinski definition) is 1. The van der Waals surface area contributed by atoms with Gasteiger partial charge in [0.1, 0.15) is 5.76 Å². The Labute approximate surface area is 76.5 Å². The highest BCUT2D eigenvalue weighted by Gasteiger charge is 2.09. The fourth-order valence-electron chi connectivity index (χ4n) is 0.648. The predicted molar refractivity (Wildman–Crippen MR) is 47.7 cm³/mol. The maximum atomic E-state index is 10.3. The first-order valence-corrected chi connectivity index (χ1v) is 3.81. The van der Waals surface area contributed by atoms with Crippen LogP contribution in [0.1, 0.15) is 20.3 Å². The van der Waals surface area contributed by atoms with Crippen LogP contribution in [0.2, 0.25) is 0 Å². The second-order valence-electron chi connectivity index (χ2n) is 2.39. The summed E-state index contributed by atoms with van der Waals surface area (Å²) in [5.41, 5.74) is -0.0473. The molecule has 0 aliphatic carbocycles. The molecule has 0 atom stereocenters. The Kier molecular flexibility index (Phi) is 4.58. The quantitative estimate of drug-likeness (QED) is 0.316. The molecular weight excluding hydrogens is 174 g/mol. The molecule has 0 radical (unpaired) electrons. The number of hydrogen-bond acceptors (Lipinski definition) is 4. The molecule has 0 heterocycles. The van der Waals surface area contributed by atoms with E-state index in [4.69, 9.17) is 4.74 Å². The van der Waals surface area contributed by atoms with Gasteiger partial charge < -0.3 is 9.84 Å². The van der Waals surface area contributed by atoms with Crippen LogP contribution >= 0.6 is 0 Å². The number of ether oxygens (including phenoxy) is 1. The molecule has 0 saturated carbocycles. The lowest BCUT2D eigenvalue weighted by atomic mass is 10.3. The smallest absolute Gasteiger partial charge is 0.249 e. The highest BCUT2D eigenvalue weighted by Crippen LogP contribution is 2.09. The van der Waals surface area contributed by atoms with Crippen LogP contribution in [-0.2, 0) is 4.74 Å². The number of nitro groups is 1. The van der Waals surface area contributed by atoms with Gasteiger partial charge in [0.05, 0.1) is 18.1 Å². The molecule has 0 spiro atoms. The van der Waals surface area contributed by atoms with Crippen molar-refractivity contribution >= 4 is 0 Å². The molecule has 13 heavy (non-hydrogen) atoms. The number of rotatable bonds is 4. The van der Waals surface area contributed by atoms with Crippen LogP contribution in [0.15, 0.2) is 23.3 Å². The third kappa shape index (κ3) is 3.59. The molecule has 0 amide bonds. The average Bonchev–Trinajstić information content (AvgIpc) is 2.11. The number of aliphatic hydroxyl groups is 1. The normalized spacial score (nSPS) is 13.6. The number of nitrogens with zero attached hydrogens (tertiary/aromatic N) is 1. The van der Waals surface area contributed by atoms with Crippen LogP contribution in [0.3, 0.4) is 0 Å². The second kappa shape index (κ2) is 5.18. The summed E-state index contributed by atoms with van der Waals surface area (Å²) in [5, 5.41) is 19.6. The number of methoxy groups -OCH3 is 1. The summed E-state index contributed by atoms with van der Waals surface area (Å²) in [6.45, 7) is 3.17. The standard InChI is InChI=1S/C8H13NO4/c1-4-7(9(11)12)5-8(10)6(2)13-3/h5,10H,4H2,1-3H3/b7-5+,8-6-. The van der Waals surface area contributed by atoms with Gasteiger partial charge in [-0.1, -0.05) is 6.92 Å². The minimum Gasteiger partial charge on any atom is -0.504 e. The van der Waals surface area contributed by atoms with Crippen molar-refractivity contribution in [3.8, 4) is 0 Å². The molecule has 5 heteroatoms. The van der Waals surface area contributed by atoms with Crippen molar-refractivity contribution in [3.05, 3.63) is 33.4 Å². The summed E-state index contributed by atoms with van der Waals surface area (Å²) in [6, 6.07) is 0. The Morgan fingerprint density at radius 2 is 2.23 bits per heavy atom. The van der Waals surface area contributed by atoms with Gasteiger partial charge in [0.25, 0.3) is 0 Å². The summed E-state index contributed by atoms with van der Waals surface area (Å²) in [5.74, 6) is 0.0452.